The first-order valence-electron chi connectivity index (χ1n) is 5.05. The van der Waals surface area contributed by atoms with Gasteiger partial charge >= 0.3 is 0 Å². The Labute approximate surface area is 79.8 Å². The number of hydrogen-bond donors (Lipinski definition) is 1. The van der Waals surface area contributed by atoms with Crippen molar-refractivity contribution in [2.24, 2.45) is 0 Å². The minimum absolute atomic E-state index is 0.200. The number of piperidine rings is 1. The number of hydrogen-bond acceptors (Lipinski definition) is 2. The van der Waals surface area contributed by atoms with E-state index < -0.39 is 5.67 Å². The largest absolute Gasteiger partial charge is 0.381 e. The first kappa shape index (κ1) is 10.9. The van der Waals surface area contributed by atoms with Crippen LogP contribution in [0.15, 0.2) is 0 Å². The van der Waals surface area contributed by atoms with Crippen LogP contribution in [0.25, 0.3) is 0 Å². The van der Waals surface area contributed by atoms with Gasteiger partial charge in [0.1, 0.15) is 5.67 Å². The fourth-order valence-electron chi connectivity index (χ4n) is 1.97. The normalized spacial score (nSPS) is 28.4. The van der Waals surface area contributed by atoms with Crippen molar-refractivity contribution < 1.29 is 9.13 Å². The molecular formula is C10H20FNO. The molecule has 1 aliphatic heterocycles. The minimum Gasteiger partial charge on any atom is -0.381 e. The summed E-state index contributed by atoms with van der Waals surface area (Å²) in [6.07, 6.45) is 4.12. The number of alkyl halides is 1. The summed E-state index contributed by atoms with van der Waals surface area (Å²) in [6.45, 7) is 2.85. The van der Waals surface area contributed by atoms with Crippen LogP contribution in [0.4, 0.5) is 4.39 Å². The fourth-order valence-corrected chi connectivity index (χ4v) is 1.97. The van der Waals surface area contributed by atoms with Gasteiger partial charge in [-0.3, -0.25) is 0 Å². The summed E-state index contributed by atoms with van der Waals surface area (Å²) in [5.74, 6) is 0. The van der Waals surface area contributed by atoms with Gasteiger partial charge in [-0.25, -0.2) is 4.39 Å². The van der Waals surface area contributed by atoms with Gasteiger partial charge in [-0.2, -0.15) is 0 Å². The van der Waals surface area contributed by atoms with E-state index in [9.17, 15) is 4.39 Å². The van der Waals surface area contributed by atoms with E-state index in [0.29, 0.717) is 12.5 Å². The molecule has 2 unspecified atom stereocenters. The van der Waals surface area contributed by atoms with Crippen LogP contribution < -0.4 is 5.32 Å². The van der Waals surface area contributed by atoms with Crippen LogP contribution in [0.2, 0.25) is 0 Å². The van der Waals surface area contributed by atoms with Crippen molar-refractivity contribution in [1.82, 2.24) is 5.32 Å². The fraction of sp³-hybridized carbons (Fsp3) is 1.00. The first-order valence-corrected chi connectivity index (χ1v) is 5.05. The Morgan fingerprint density at radius 3 is 2.85 bits per heavy atom. The molecular weight excluding hydrogens is 169 g/mol. The molecule has 78 valence electrons. The van der Waals surface area contributed by atoms with Crippen LogP contribution in [-0.4, -0.2) is 32.0 Å². The van der Waals surface area contributed by atoms with Gasteiger partial charge in [-0.1, -0.05) is 6.42 Å². The number of nitrogens with one attached hydrogen (secondary N) is 1. The summed E-state index contributed by atoms with van der Waals surface area (Å²) < 4.78 is 18.6. The van der Waals surface area contributed by atoms with E-state index in [4.69, 9.17) is 4.74 Å². The van der Waals surface area contributed by atoms with E-state index in [2.05, 4.69) is 5.32 Å². The van der Waals surface area contributed by atoms with Gasteiger partial charge in [0.05, 0.1) is 6.61 Å². The van der Waals surface area contributed by atoms with Crippen molar-refractivity contribution in [1.29, 1.82) is 0 Å². The summed E-state index contributed by atoms with van der Waals surface area (Å²) in [5.41, 5.74) is -1.18. The van der Waals surface area contributed by atoms with E-state index >= 15 is 0 Å². The lowest BCUT2D eigenvalue weighted by Crippen LogP contribution is -2.40. The Morgan fingerprint density at radius 2 is 2.31 bits per heavy atom. The number of rotatable bonds is 4. The quantitative estimate of drug-likeness (QED) is 0.729. The molecule has 0 radical (unpaired) electrons. The maximum Gasteiger partial charge on any atom is 0.132 e. The predicted molar refractivity (Wildman–Crippen MR) is 51.6 cm³/mol. The Kier molecular flexibility index (Phi) is 4.13. The van der Waals surface area contributed by atoms with Crippen LogP contribution in [0.1, 0.15) is 32.6 Å². The summed E-state index contributed by atoms with van der Waals surface area (Å²) in [5, 5.41) is 3.34. The SMILES string of the molecule is COCC(C)(F)CC1CCCCN1. The Balaban J connectivity index is 2.28. The maximum absolute atomic E-state index is 13.7. The molecule has 0 aromatic heterocycles. The third-order valence-corrected chi connectivity index (χ3v) is 2.53. The van der Waals surface area contributed by atoms with Gasteiger partial charge in [-0.05, 0) is 32.7 Å². The molecule has 1 N–H and O–H groups in total. The molecule has 3 heteroatoms. The smallest absolute Gasteiger partial charge is 0.132 e. The molecule has 1 heterocycles. The Hall–Kier alpha value is -0.150. The van der Waals surface area contributed by atoms with E-state index in [1.807, 2.05) is 0 Å². The highest BCUT2D eigenvalue weighted by atomic mass is 19.1. The Morgan fingerprint density at radius 1 is 1.54 bits per heavy atom. The Bertz CT molecular complexity index is 144. The van der Waals surface area contributed by atoms with E-state index in [0.717, 1.165) is 13.0 Å². The van der Waals surface area contributed by atoms with Gasteiger partial charge in [0.15, 0.2) is 0 Å². The second-order valence-corrected chi connectivity index (χ2v) is 4.20. The zero-order chi connectivity index (χ0) is 9.73. The summed E-state index contributed by atoms with van der Waals surface area (Å²) in [7, 11) is 1.55. The molecule has 1 aliphatic rings. The van der Waals surface area contributed by atoms with Crippen molar-refractivity contribution in [2.45, 2.75) is 44.3 Å². The molecule has 1 saturated heterocycles. The highest BCUT2D eigenvalue weighted by molar-refractivity contribution is 4.82. The molecule has 0 spiro atoms. The summed E-state index contributed by atoms with van der Waals surface area (Å²) >= 11 is 0. The van der Waals surface area contributed by atoms with Crippen molar-refractivity contribution >= 4 is 0 Å². The standard InChI is InChI=1S/C10H20FNO/c1-10(11,8-13-2)7-9-5-3-4-6-12-9/h9,12H,3-8H2,1-2H3. The van der Waals surface area contributed by atoms with E-state index in [-0.39, 0.29) is 6.61 Å². The van der Waals surface area contributed by atoms with Crippen LogP contribution in [0.5, 0.6) is 0 Å². The monoisotopic (exact) mass is 189 g/mol. The van der Waals surface area contributed by atoms with Gasteiger partial charge in [-0.15, -0.1) is 0 Å². The topological polar surface area (TPSA) is 21.3 Å². The van der Waals surface area contributed by atoms with E-state index in [1.165, 1.54) is 12.8 Å². The van der Waals surface area contributed by atoms with Crippen molar-refractivity contribution in [2.75, 3.05) is 20.3 Å². The lowest BCUT2D eigenvalue weighted by Gasteiger charge is -2.29. The predicted octanol–water partition coefficient (Wildman–Crippen LogP) is 1.89. The molecule has 0 amide bonds. The van der Waals surface area contributed by atoms with Crippen LogP contribution in [-0.2, 0) is 4.74 Å². The molecule has 0 bridgehead atoms. The second kappa shape index (κ2) is 4.91. The minimum atomic E-state index is -1.18. The highest BCUT2D eigenvalue weighted by Gasteiger charge is 2.28. The maximum atomic E-state index is 13.7. The molecule has 13 heavy (non-hydrogen) atoms. The van der Waals surface area contributed by atoms with Gasteiger partial charge in [0.2, 0.25) is 0 Å². The highest BCUT2D eigenvalue weighted by Crippen LogP contribution is 2.22. The molecule has 0 aliphatic carbocycles. The molecule has 0 aromatic rings. The average Bonchev–Trinajstić information content (AvgIpc) is 2.04. The number of halogens is 1. The number of ether oxygens (including phenoxy) is 1. The third kappa shape index (κ3) is 4.05. The summed E-state index contributed by atoms with van der Waals surface area (Å²) in [4.78, 5) is 0. The average molecular weight is 189 g/mol. The van der Waals surface area contributed by atoms with Gasteiger partial charge < -0.3 is 10.1 Å². The third-order valence-electron chi connectivity index (χ3n) is 2.53. The zero-order valence-corrected chi connectivity index (χ0v) is 8.61. The lowest BCUT2D eigenvalue weighted by atomic mass is 9.93. The lowest BCUT2D eigenvalue weighted by molar-refractivity contribution is 0.0382. The number of methoxy groups -OCH3 is 1. The molecule has 2 nitrogen and oxygen atoms in total. The van der Waals surface area contributed by atoms with Crippen LogP contribution in [0, 0.1) is 0 Å². The van der Waals surface area contributed by atoms with Crippen molar-refractivity contribution in [3.63, 3.8) is 0 Å². The van der Waals surface area contributed by atoms with Gasteiger partial charge in [0.25, 0.3) is 0 Å². The van der Waals surface area contributed by atoms with Crippen molar-refractivity contribution in [3.05, 3.63) is 0 Å². The molecule has 0 aromatic carbocycles. The molecule has 1 rings (SSSR count). The second-order valence-electron chi connectivity index (χ2n) is 4.20. The van der Waals surface area contributed by atoms with Crippen LogP contribution >= 0.6 is 0 Å². The molecule has 0 saturated carbocycles. The van der Waals surface area contributed by atoms with Crippen molar-refractivity contribution in [3.8, 4) is 0 Å². The van der Waals surface area contributed by atoms with Crippen LogP contribution in [0.3, 0.4) is 0 Å². The summed E-state index contributed by atoms with van der Waals surface area (Å²) in [6, 6.07) is 0.346. The van der Waals surface area contributed by atoms with E-state index in [1.54, 1.807) is 14.0 Å². The first-order chi connectivity index (χ1) is 6.14. The molecule has 2 atom stereocenters. The zero-order valence-electron chi connectivity index (χ0n) is 8.61. The van der Waals surface area contributed by atoms with Gasteiger partial charge in [0, 0.05) is 13.2 Å². The molecule has 1 fully saturated rings.